The topological polar surface area (TPSA) is 134 Å². The van der Waals surface area contributed by atoms with E-state index in [0.717, 1.165) is 6.07 Å². The first kappa shape index (κ1) is 21.4. The second kappa shape index (κ2) is 9.31. The van der Waals surface area contributed by atoms with Gasteiger partial charge in [0.2, 0.25) is 0 Å². The van der Waals surface area contributed by atoms with E-state index in [1.165, 1.54) is 57.5 Å². The number of methoxy groups -OCH3 is 2. The van der Waals surface area contributed by atoms with Crippen LogP contribution in [0, 0.1) is 10.1 Å². The van der Waals surface area contributed by atoms with E-state index >= 15 is 0 Å². The number of nitro benzene ring substituents is 1. The minimum absolute atomic E-state index is 0.0667. The molecule has 29 heavy (non-hydrogen) atoms. The minimum Gasteiger partial charge on any atom is -0.495 e. The molecule has 0 bridgehead atoms. The molecule has 0 unspecified atom stereocenters. The molecule has 0 aromatic heterocycles. The van der Waals surface area contributed by atoms with Crippen molar-refractivity contribution in [3.05, 3.63) is 63.7 Å². The van der Waals surface area contributed by atoms with Crippen LogP contribution >= 0.6 is 0 Å². The summed E-state index contributed by atoms with van der Waals surface area (Å²) in [5.41, 5.74) is 0.214. The van der Waals surface area contributed by atoms with Crippen LogP contribution in [0.15, 0.2) is 42.5 Å². The van der Waals surface area contributed by atoms with Crippen LogP contribution in [0.5, 0.6) is 5.75 Å². The molecule has 0 radical (unpaired) electrons. The fourth-order valence-electron chi connectivity index (χ4n) is 2.28. The molecule has 1 atom stereocenters. The van der Waals surface area contributed by atoms with Gasteiger partial charge in [0, 0.05) is 12.1 Å². The number of anilines is 1. The van der Waals surface area contributed by atoms with Gasteiger partial charge >= 0.3 is 11.9 Å². The fraction of sp³-hybridized carbons (Fsp3) is 0.211. The summed E-state index contributed by atoms with van der Waals surface area (Å²) in [5, 5.41) is 13.4. The Labute approximate surface area is 165 Å². The number of carbonyl (C=O) groups excluding carboxylic acids is 3. The highest BCUT2D eigenvalue weighted by Gasteiger charge is 2.21. The number of carbonyl (C=O) groups is 3. The molecule has 2 rings (SSSR count). The Bertz CT molecular complexity index is 940. The molecule has 0 fully saturated rings. The van der Waals surface area contributed by atoms with E-state index in [-0.39, 0.29) is 28.3 Å². The molecule has 2 aromatic carbocycles. The van der Waals surface area contributed by atoms with Gasteiger partial charge in [-0.15, -0.1) is 0 Å². The molecule has 10 heteroatoms. The summed E-state index contributed by atoms with van der Waals surface area (Å²) in [6.07, 6.45) is -1.20. The van der Waals surface area contributed by atoms with Crippen molar-refractivity contribution in [1.82, 2.24) is 0 Å². The van der Waals surface area contributed by atoms with Gasteiger partial charge in [-0.2, -0.15) is 0 Å². The minimum atomic E-state index is -1.20. The first-order chi connectivity index (χ1) is 13.8. The van der Waals surface area contributed by atoms with Gasteiger partial charge < -0.3 is 19.5 Å². The lowest BCUT2D eigenvalue weighted by molar-refractivity contribution is -0.384. The normalized spacial score (nSPS) is 11.1. The molecule has 152 valence electrons. The second-order valence-electron chi connectivity index (χ2n) is 5.75. The maximum Gasteiger partial charge on any atom is 0.338 e. The second-order valence-corrected chi connectivity index (χ2v) is 5.75. The highest BCUT2D eigenvalue weighted by molar-refractivity contribution is 5.99. The van der Waals surface area contributed by atoms with Crippen molar-refractivity contribution in [3.8, 4) is 5.75 Å². The molecule has 0 aliphatic rings. The summed E-state index contributed by atoms with van der Waals surface area (Å²) in [4.78, 5) is 46.2. The number of hydrogen-bond donors (Lipinski definition) is 1. The van der Waals surface area contributed by atoms with Crippen LogP contribution in [-0.4, -0.2) is 43.1 Å². The number of benzene rings is 2. The third-order valence-electron chi connectivity index (χ3n) is 3.85. The van der Waals surface area contributed by atoms with Crippen molar-refractivity contribution in [2.75, 3.05) is 19.5 Å². The van der Waals surface area contributed by atoms with Crippen molar-refractivity contribution in [2.45, 2.75) is 13.0 Å². The molecule has 0 aliphatic carbocycles. The number of nitrogens with one attached hydrogen (secondary N) is 1. The van der Waals surface area contributed by atoms with Gasteiger partial charge in [0.1, 0.15) is 5.75 Å². The van der Waals surface area contributed by atoms with Gasteiger partial charge in [0.15, 0.2) is 6.10 Å². The van der Waals surface area contributed by atoms with E-state index in [2.05, 4.69) is 10.1 Å². The maximum atomic E-state index is 12.3. The molecule has 0 heterocycles. The van der Waals surface area contributed by atoms with Crippen LogP contribution in [0.2, 0.25) is 0 Å². The summed E-state index contributed by atoms with van der Waals surface area (Å²) in [5.74, 6) is -1.83. The van der Waals surface area contributed by atoms with Crippen LogP contribution in [0.3, 0.4) is 0 Å². The standard InChI is InChI=1S/C19H18N2O8/c1-11(29-19(24)13-6-4-12(5-7-13)18(23)28-3)17(22)20-15-10-14(21(25)26)8-9-16(15)27-2/h4-11H,1-3H3,(H,20,22)/t11-/m0/s1. The Morgan fingerprint density at radius 2 is 1.59 bits per heavy atom. The molecule has 10 nitrogen and oxygen atoms in total. The average molecular weight is 402 g/mol. The Morgan fingerprint density at radius 3 is 2.10 bits per heavy atom. The largest absolute Gasteiger partial charge is 0.495 e. The first-order valence-corrected chi connectivity index (χ1v) is 8.29. The summed E-state index contributed by atoms with van der Waals surface area (Å²) < 4.78 is 14.7. The van der Waals surface area contributed by atoms with E-state index in [0.29, 0.717) is 0 Å². The molecule has 1 N–H and O–H groups in total. The van der Waals surface area contributed by atoms with Crippen molar-refractivity contribution >= 4 is 29.2 Å². The van der Waals surface area contributed by atoms with Crippen LogP contribution in [-0.2, 0) is 14.3 Å². The molecular formula is C19H18N2O8. The number of nitrogens with zero attached hydrogens (tertiary/aromatic N) is 1. The van der Waals surface area contributed by atoms with Gasteiger partial charge in [-0.1, -0.05) is 0 Å². The molecule has 1 amide bonds. The predicted molar refractivity (Wildman–Crippen MR) is 101 cm³/mol. The Balaban J connectivity index is 2.07. The Hall–Kier alpha value is -3.95. The molecule has 0 aliphatic heterocycles. The zero-order valence-corrected chi connectivity index (χ0v) is 15.8. The Kier molecular flexibility index (Phi) is 6.85. The zero-order valence-electron chi connectivity index (χ0n) is 15.8. The Morgan fingerprint density at radius 1 is 1.00 bits per heavy atom. The van der Waals surface area contributed by atoms with Crippen LogP contribution in [0.25, 0.3) is 0 Å². The number of esters is 2. The van der Waals surface area contributed by atoms with Gasteiger partial charge in [0.25, 0.3) is 11.6 Å². The third-order valence-corrected chi connectivity index (χ3v) is 3.85. The summed E-state index contributed by atoms with van der Waals surface area (Å²) >= 11 is 0. The van der Waals surface area contributed by atoms with Gasteiger partial charge in [0.05, 0.1) is 36.0 Å². The summed E-state index contributed by atoms with van der Waals surface area (Å²) in [6.45, 7) is 1.35. The zero-order chi connectivity index (χ0) is 21.6. The van der Waals surface area contributed by atoms with Gasteiger partial charge in [-0.25, -0.2) is 9.59 Å². The van der Waals surface area contributed by atoms with Crippen molar-refractivity contribution in [3.63, 3.8) is 0 Å². The smallest absolute Gasteiger partial charge is 0.338 e. The molecule has 2 aromatic rings. The lowest BCUT2D eigenvalue weighted by Gasteiger charge is -2.15. The lowest BCUT2D eigenvalue weighted by Crippen LogP contribution is -2.30. The van der Waals surface area contributed by atoms with E-state index in [1.807, 2.05) is 0 Å². The fourth-order valence-corrected chi connectivity index (χ4v) is 2.28. The number of hydrogen-bond acceptors (Lipinski definition) is 8. The first-order valence-electron chi connectivity index (χ1n) is 8.29. The van der Waals surface area contributed by atoms with E-state index in [4.69, 9.17) is 9.47 Å². The highest BCUT2D eigenvalue weighted by atomic mass is 16.6. The van der Waals surface area contributed by atoms with Crippen molar-refractivity contribution in [2.24, 2.45) is 0 Å². The van der Waals surface area contributed by atoms with Crippen molar-refractivity contribution in [1.29, 1.82) is 0 Å². The van der Waals surface area contributed by atoms with E-state index in [1.54, 1.807) is 0 Å². The van der Waals surface area contributed by atoms with Gasteiger partial charge in [-0.05, 0) is 37.3 Å². The number of ether oxygens (including phenoxy) is 3. The number of nitro groups is 1. The molecular weight excluding hydrogens is 384 g/mol. The monoisotopic (exact) mass is 402 g/mol. The lowest BCUT2D eigenvalue weighted by atomic mass is 10.1. The van der Waals surface area contributed by atoms with Crippen LogP contribution < -0.4 is 10.1 Å². The third kappa shape index (κ3) is 5.28. The van der Waals surface area contributed by atoms with Crippen LogP contribution in [0.1, 0.15) is 27.6 Å². The SMILES string of the molecule is COC(=O)c1ccc(C(=O)O[C@@H](C)C(=O)Nc2cc([N+](=O)[O-])ccc2OC)cc1. The number of amides is 1. The average Bonchev–Trinajstić information content (AvgIpc) is 2.72. The molecule has 0 saturated carbocycles. The highest BCUT2D eigenvalue weighted by Crippen LogP contribution is 2.29. The quantitative estimate of drug-likeness (QED) is 0.424. The van der Waals surface area contributed by atoms with Crippen molar-refractivity contribution < 1.29 is 33.5 Å². The predicted octanol–water partition coefficient (Wildman–Crippen LogP) is 2.57. The molecule has 0 spiro atoms. The number of rotatable bonds is 7. The summed E-state index contributed by atoms with van der Waals surface area (Å²) in [6, 6.07) is 9.22. The number of non-ortho nitro benzene ring substituents is 1. The molecule has 0 saturated heterocycles. The summed E-state index contributed by atoms with van der Waals surface area (Å²) in [7, 11) is 2.58. The maximum absolute atomic E-state index is 12.3. The van der Waals surface area contributed by atoms with Crippen LogP contribution in [0.4, 0.5) is 11.4 Å². The van der Waals surface area contributed by atoms with E-state index < -0.39 is 28.9 Å². The van der Waals surface area contributed by atoms with E-state index in [9.17, 15) is 24.5 Å². The van der Waals surface area contributed by atoms with Gasteiger partial charge in [-0.3, -0.25) is 14.9 Å².